The fraction of sp³-hybridized carbons (Fsp3) is 0.333. The molecule has 2 rings (SSSR count). The number of rotatable bonds is 5. The summed E-state index contributed by atoms with van der Waals surface area (Å²) >= 11 is 5.55. The van der Waals surface area contributed by atoms with Crippen LogP contribution in [0.4, 0.5) is 10.4 Å². The molecule has 0 unspecified atom stereocenters. The van der Waals surface area contributed by atoms with Crippen LogP contribution in [-0.4, -0.2) is 16.7 Å². The van der Waals surface area contributed by atoms with Crippen LogP contribution in [0.1, 0.15) is 17.0 Å². The Morgan fingerprint density at radius 3 is 2.89 bits per heavy atom. The normalized spacial score (nSPS) is 10.6. The largest absolute Gasteiger partial charge is 0.407 e. The van der Waals surface area contributed by atoms with Crippen molar-refractivity contribution >= 4 is 17.6 Å². The van der Waals surface area contributed by atoms with Crippen molar-refractivity contribution in [2.75, 3.05) is 11.9 Å². The molecule has 4 nitrogen and oxygen atoms in total. The van der Waals surface area contributed by atoms with E-state index in [4.69, 9.17) is 16.0 Å². The lowest BCUT2D eigenvalue weighted by molar-refractivity contribution is 0.525. The molecule has 0 saturated carbocycles. The van der Waals surface area contributed by atoms with E-state index in [2.05, 4.69) is 15.5 Å². The monoisotopic (exact) mass is 269 g/mol. The highest BCUT2D eigenvalue weighted by Gasteiger charge is 2.04. The van der Waals surface area contributed by atoms with E-state index in [9.17, 15) is 4.39 Å². The predicted octanol–water partition coefficient (Wildman–Crippen LogP) is 2.91. The Labute approximate surface area is 109 Å². The summed E-state index contributed by atoms with van der Waals surface area (Å²) < 4.78 is 18.1. The molecule has 96 valence electrons. The average molecular weight is 270 g/mol. The molecule has 0 radical (unpaired) electrons. The van der Waals surface area contributed by atoms with E-state index in [1.165, 1.54) is 12.1 Å². The third-order valence-corrected chi connectivity index (χ3v) is 2.78. The maximum absolute atomic E-state index is 12.9. The Hall–Kier alpha value is -1.62. The zero-order chi connectivity index (χ0) is 13.0. The third kappa shape index (κ3) is 3.20. The molecule has 0 aliphatic heterocycles. The van der Waals surface area contributed by atoms with Gasteiger partial charge in [0.05, 0.1) is 0 Å². The van der Waals surface area contributed by atoms with Crippen molar-refractivity contribution in [3.63, 3.8) is 0 Å². The molecule has 0 aliphatic carbocycles. The summed E-state index contributed by atoms with van der Waals surface area (Å²) in [4.78, 5) is 0. The van der Waals surface area contributed by atoms with Crippen LogP contribution in [-0.2, 0) is 12.3 Å². The standard InChI is InChI=1S/C12H13ClFN3O/c1-8-6-10(14)3-2-9(8)4-5-15-12-17-16-11(7-13)18-12/h2-3,6H,4-5,7H2,1H3,(H,15,17). The molecule has 1 aromatic heterocycles. The zero-order valence-corrected chi connectivity index (χ0v) is 10.7. The number of hydrogen-bond donors (Lipinski definition) is 1. The molecule has 1 aromatic carbocycles. The number of hydrogen-bond acceptors (Lipinski definition) is 4. The maximum atomic E-state index is 12.9. The van der Waals surface area contributed by atoms with Crippen LogP contribution in [0.25, 0.3) is 0 Å². The molecule has 1 N–H and O–H groups in total. The summed E-state index contributed by atoms with van der Waals surface area (Å²) in [7, 11) is 0. The van der Waals surface area contributed by atoms with Gasteiger partial charge in [-0.3, -0.25) is 0 Å². The van der Waals surface area contributed by atoms with Gasteiger partial charge in [-0.15, -0.1) is 16.7 Å². The molecule has 0 atom stereocenters. The lowest BCUT2D eigenvalue weighted by atomic mass is 10.1. The van der Waals surface area contributed by atoms with E-state index >= 15 is 0 Å². The first kappa shape index (κ1) is 12.8. The van der Waals surface area contributed by atoms with Gasteiger partial charge in [0.25, 0.3) is 0 Å². The molecular formula is C12H13ClFN3O. The number of alkyl halides is 1. The number of nitrogens with one attached hydrogen (secondary N) is 1. The summed E-state index contributed by atoms with van der Waals surface area (Å²) in [6.07, 6.45) is 0.755. The first-order valence-electron chi connectivity index (χ1n) is 5.56. The average Bonchev–Trinajstić information content (AvgIpc) is 2.80. The molecule has 0 spiro atoms. The topological polar surface area (TPSA) is 51.0 Å². The second-order valence-corrected chi connectivity index (χ2v) is 4.15. The molecule has 0 fully saturated rings. The van der Waals surface area contributed by atoms with E-state index in [0.717, 1.165) is 17.5 Å². The number of aromatic nitrogens is 2. The zero-order valence-electron chi connectivity index (χ0n) is 9.91. The van der Waals surface area contributed by atoms with Gasteiger partial charge < -0.3 is 9.73 Å². The molecule has 0 aliphatic rings. The van der Waals surface area contributed by atoms with Gasteiger partial charge in [-0.1, -0.05) is 11.2 Å². The van der Waals surface area contributed by atoms with E-state index in [-0.39, 0.29) is 11.7 Å². The second kappa shape index (κ2) is 5.82. The first-order valence-corrected chi connectivity index (χ1v) is 6.09. The van der Waals surface area contributed by atoms with Gasteiger partial charge in [-0.05, 0) is 36.6 Å². The fourth-order valence-corrected chi connectivity index (χ4v) is 1.73. The third-order valence-electron chi connectivity index (χ3n) is 2.56. The van der Waals surface area contributed by atoms with Gasteiger partial charge in [0.2, 0.25) is 5.89 Å². The van der Waals surface area contributed by atoms with Crippen LogP contribution < -0.4 is 5.32 Å². The molecule has 18 heavy (non-hydrogen) atoms. The van der Waals surface area contributed by atoms with E-state index < -0.39 is 0 Å². The number of nitrogens with zero attached hydrogens (tertiary/aromatic N) is 2. The van der Waals surface area contributed by atoms with Crippen LogP contribution >= 0.6 is 11.6 Å². The minimum atomic E-state index is -0.215. The summed E-state index contributed by atoms with van der Waals surface area (Å²) in [5.41, 5.74) is 2.02. The van der Waals surface area contributed by atoms with Gasteiger partial charge in [0.1, 0.15) is 11.7 Å². The van der Waals surface area contributed by atoms with Gasteiger partial charge in [0, 0.05) is 6.54 Å². The highest BCUT2D eigenvalue weighted by Crippen LogP contribution is 2.12. The lowest BCUT2D eigenvalue weighted by Gasteiger charge is -2.05. The van der Waals surface area contributed by atoms with E-state index in [0.29, 0.717) is 18.5 Å². The molecule has 6 heteroatoms. The molecular weight excluding hydrogens is 257 g/mol. The second-order valence-electron chi connectivity index (χ2n) is 3.88. The van der Waals surface area contributed by atoms with E-state index in [1.54, 1.807) is 6.07 Å². The number of anilines is 1. The Bertz CT molecular complexity index is 530. The molecule has 0 saturated heterocycles. The van der Waals surface area contributed by atoms with Crippen LogP contribution in [0.3, 0.4) is 0 Å². The van der Waals surface area contributed by atoms with Crippen LogP contribution in [0.5, 0.6) is 0 Å². The van der Waals surface area contributed by atoms with Crippen molar-refractivity contribution in [2.24, 2.45) is 0 Å². The maximum Gasteiger partial charge on any atom is 0.315 e. The minimum Gasteiger partial charge on any atom is -0.407 e. The highest BCUT2D eigenvalue weighted by atomic mass is 35.5. The van der Waals surface area contributed by atoms with Crippen LogP contribution in [0, 0.1) is 12.7 Å². The quantitative estimate of drug-likeness (QED) is 0.848. The molecule has 0 amide bonds. The van der Waals surface area contributed by atoms with Gasteiger partial charge in [-0.2, -0.15) is 0 Å². The molecule has 2 aromatic rings. The van der Waals surface area contributed by atoms with Crippen molar-refractivity contribution in [1.29, 1.82) is 0 Å². The summed E-state index contributed by atoms with van der Waals surface area (Å²) in [6, 6.07) is 5.11. The number of aryl methyl sites for hydroxylation is 1. The SMILES string of the molecule is Cc1cc(F)ccc1CCNc1nnc(CCl)o1. The minimum absolute atomic E-state index is 0.200. The van der Waals surface area contributed by atoms with Crippen molar-refractivity contribution < 1.29 is 8.81 Å². The fourth-order valence-electron chi connectivity index (χ4n) is 1.62. The van der Waals surface area contributed by atoms with Gasteiger partial charge >= 0.3 is 6.01 Å². The summed E-state index contributed by atoms with van der Waals surface area (Å²) in [5.74, 6) is 0.371. The Morgan fingerprint density at radius 1 is 1.39 bits per heavy atom. The highest BCUT2D eigenvalue weighted by molar-refractivity contribution is 6.16. The molecule has 0 bridgehead atoms. The summed E-state index contributed by atoms with van der Waals surface area (Å²) in [6.45, 7) is 2.52. The Balaban J connectivity index is 1.88. The lowest BCUT2D eigenvalue weighted by Crippen LogP contribution is -2.06. The van der Waals surface area contributed by atoms with Crippen molar-refractivity contribution in [3.8, 4) is 0 Å². The number of halogens is 2. The van der Waals surface area contributed by atoms with Gasteiger partial charge in [-0.25, -0.2) is 4.39 Å². The van der Waals surface area contributed by atoms with Crippen LogP contribution in [0.2, 0.25) is 0 Å². The van der Waals surface area contributed by atoms with Crippen molar-refractivity contribution in [1.82, 2.24) is 10.2 Å². The smallest absolute Gasteiger partial charge is 0.315 e. The molecule has 1 heterocycles. The first-order chi connectivity index (χ1) is 8.69. The Morgan fingerprint density at radius 2 is 2.22 bits per heavy atom. The van der Waals surface area contributed by atoms with Crippen LogP contribution in [0.15, 0.2) is 22.6 Å². The number of benzene rings is 1. The van der Waals surface area contributed by atoms with Gasteiger partial charge in [0.15, 0.2) is 0 Å². The Kier molecular flexibility index (Phi) is 4.15. The van der Waals surface area contributed by atoms with E-state index in [1.807, 2.05) is 6.92 Å². The van der Waals surface area contributed by atoms with Crippen molar-refractivity contribution in [2.45, 2.75) is 19.2 Å². The predicted molar refractivity (Wildman–Crippen MR) is 67.2 cm³/mol. The summed E-state index contributed by atoms with van der Waals surface area (Å²) in [5, 5.41) is 10.5. The van der Waals surface area contributed by atoms with Crippen molar-refractivity contribution in [3.05, 3.63) is 41.0 Å².